The number of aromatic nitrogens is 1. The maximum atomic E-state index is 13.2. The van der Waals surface area contributed by atoms with Gasteiger partial charge in [-0.3, -0.25) is 4.79 Å². The van der Waals surface area contributed by atoms with Gasteiger partial charge in [0.2, 0.25) is 0 Å². The van der Waals surface area contributed by atoms with Gasteiger partial charge in [-0.05, 0) is 43.1 Å². The van der Waals surface area contributed by atoms with Gasteiger partial charge >= 0.3 is 18.0 Å². The Bertz CT molecular complexity index is 1240. The van der Waals surface area contributed by atoms with Crippen molar-refractivity contribution in [2.24, 2.45) is 0 Å². The number of hydrogen-bond donors (Lipinski definition) is 3. The first kappa shape index (κ1) is 30.9. The number of rotatable bonds is 15. The zero-order valence-electron chi connectivity index (χ0n) is 23.8. The van der Waals surface area contributed by atoms with Crippen molar-refractivity contribution in [2.45, 2.75) is 63.7 Å². The molecule has 9 nitrogen and oxygen atoms in total. The van der Waals surface area contributed by atoms with Crippen LogP contribution in [0, 0.1) is 0 Å². The van der Waals surface area contributed by atoms with Gasteiger partial charge in [-0.15, -0.1) is 0 Å². The van der Waals surface area contributed by atoms with Crippen LogP contribution in [0.3, 0.4) is 0 Å². The van der Waals surface area contributed by atoms with Crippen molar-refractivity contribution in [1.82, 2.24) is 15.6 Å². The molecule has 2 aromatic carbocycles. The number of ether oxygens (including phenoxy) is 3. The van der Waals surface area contributed by atoms with Gasteiger partial charge < -0.3 is 29.8 Å². The first-order valence-corrected chi connectivity index (χ1v) is 17.4. The number of amides is 1. The zero-order chi connectivity index (χ0) is 29.0. The van der Waals surface area contributed by atoms with Gasteiger partial charge in [-0.1, -0.05) is 68.2 Å². The van der Waals surface area contributed by atoms with E-state index in [2.05, 4.69) is 35.3 Å². The topological polar surface area (TPSA) is 119 Å². The van der Waals surface area contributed by atoms with E-state index in [1.54, 1.807) is 7.05 Å². The number of benzene rings is 2. The molecule has 1 aromatic heterocycles. The second-order valence-electron chi connectivity index (χ2n) is 10.9. The molecule has 0 saturated heterocycles. The maximum Gasteiger partial charge on any atom is 0.407 e. The van der Waals surface area contributed by atoms with Gasteiger partial charge in [0.15, 0.2) is 6.10 Å². The van der Waals surface area contributed by atoms with E-state index < -0.39 is 38.3 Å². The fraction of sp³-hybridized carbons (Fsp3) is 0.433. The maximum absolute atomic E-state index is 13.2. The van der Waals surface area contributed by atoms with Gasteiger partial charge in [0.05, 0.1) is 6.61 Å². The summed E-state index contributed by atoms with van der Waals surface area (Å²) in [6.07, 6.45) is 1.26. The van der Waals surface area contributed by atoms with Crippen LogP contribution in [0.25, 0.3) is 10.9 Å². The summed E-state index contributed by atoms with van der Waals surface area (Å²) >= 11 is 0. The van der Waals surface area contributed by atoms with E-state index in [-0.39, 0.29) is 26.2 Å². The van der Waals surface area contributed by atoms with Crippen LogP contribution in [0.15, 0.2) is 60.8 Å². The van der Waals surface area contributed by atoms with Crippen molar-refractivity contribution < 1.29 is 28.6 Å². The molecule has 0 aliphatic carbocycles. The number of nitrogens with one attached hydrogen (secondary N) is 3. The van der Waals surface area contributed by atoms with Crippen LogP contribution in [0.5, 0.6) is 0 Å². The quantitative estimate of drug-likeness (QED) is 0.104. The third kappa shape index (κ3) is 10.2. The normalized spacial score (nSPS) is 12.9. The summed E-state index contributed by atoms with van der Waals surface area (Å²) < 4.78 is 16.4. The van der Waals surface area contributed by atoms with E-state index in [1.807, 2.05) is 60.8 Å². The Morgan fingerprint density at radius 3 is 2.40 bits per heavy atom. The van der Waals surface area contributed by atoms with Crippen LogP contribution < -0.4 is 10.6 Å². The molecule has 216 valence electrons. The summed E-state index contributed by atoms with van der Waals surface area (Å²) in [6, 6.07) is 17.4. The Kier molecular flexibility index (Phi) is 11.8. The molecule has 3 aromatic rings. The molecular weight excluding hydrogens is 526 g/mol. The summed E-state index contributed by atoms with van der Waals surface area (Å²) in [5.41, 5.74) is 2.84. The Morgan fingerprint density at radius 2 is 1.68 bits per heavy atom. The van der Waals surface area contributed by atoms with Gasteiger partial charge in [-0.2, -0.15) is 0 Å². The number of alkyl carbamates (subject to hydrolysis) is 1. The molecular formula is C30H41N3O6Si. The van der Waals surface area contributed by atoms with Crippen LogP contribution in [-0.4, -0.2) is 63.4 Å². The molecule has 1 amide bonds. The number of hydrogen-bond acceptors (Lipinski definition) is 7. The van der Waals surface area contributed by atoms with Crippen LogP contribution >= 0.6 is 0 Å². The van der Waals surface area contributed by atoms with Gasteiger partial charge in [0, 0.05) is 38.1 Å². The number of H-pyrrole nitrogens is 1. The van der Waals surface area contributed by atoms with Gasteiger partial charge in [0.25, 0.3) is 0 Å². The highest BCUT2D eigenvalue weighted by molar-refractivity contribution is 6.76. The second kappa shape index (κ2) is 15.2. The Morgan fingerprint density at radius 1 is 0.950 bits per heavy atom. The molecule has 0 aliphatic rings. The standard InChI is InChI=1S/C30H41N3O6Si/c1-31-26(19-23-20-33-25-14-9-8-13-24(23)25)28(34)39-27(29(35)37-17-18-40(2,3)4)15-10-16-32-30(36)38-21-22-11-6-5-7-12-22/h5-9,11-14,20,26-27,31,33H,10,15-19,21H2,1-4H3,(H,32,36)/t26-,27+/m1/s1. The summed E-state index contributed by atoms with van der Waals surface area (Å²) in [7, 11) is 0.278. The minimum absolute atomic E-state index is 0.165. The summed E-state index contributed by atoms with van der Waals surface area (Å²) in [5.74, 6) is -1.10. The molecule has 0 bridgehead atoms. The second-order valence-corrected chi connectivity index (χ2v) is 16.6. The molecule has 3 rings (SSSR count). The van der Waals surface area contributed by atoms with E-state index in [1.165, 1.54) is 0 Å². The van der Waals surface area contributed by atoms with E-state index in [4.69, 9.17) is 14.2 Å². The molecule has 10 heteroatoms. The van der Waals surface area contributed by atoms with Crippen LogP contribution in [0.2, 0.25) is 25.7 Å². The van der Waals surface area contributed by atoms with Gasteiger partial charge in [-0.25, -0.2) is 9.59 Å². The lowest BCUT2D eigenvalue weighted by atomic mass is 10.0. The minimum atomic E-state index is -1.41. The van der Waals surface area contributed by atoms with Crippen molar-refractivity contribution in [3.8, 4) is 0 Å². The SMILES string of the molecule is CN[C@H](Cc1c[nH]c2ccccc12)C(=O)O[C@@H](CCCNC(=O)OCc1ccccc1)C(=O)OCC[Si](C)(C)C. The molecule has 3 N–H and O–H groups in total. The predicted molar refractivity (Wildman–Crippen MR) is 158 cm³/mol. The first-order valence-electron chi connectivity index (χ1n) is 13.7. The molecule has 1 heterocycles. The molecule has 0 radical (unpaired) electrons. The van der Waals surface area contributed by atoms with Gasteiger partial charge in [0.1, 0.15) is 12.6 Å². The molecule has 0 spiro atoms. The number of likely N-dealkylation sites (N-methyl/N-ethyl adjacent to an activating group) is 1. The average molecular weight is 568 g/mol. The highest BCUT2D eigenvalue weighted by atomic mass is 28.3. The Balaban J connectivity index is 1.55. The average Bonchev–Trinajstić information content (AvgIpc) is 3.34. The van der Waals surface area contributed by atoms with Crippen molar-refractivity contribution in [1.29, 1.82) is 0 Å². The summed E-state index contributed by atoms with van der Waals surface area (Å²) in [6.45, 7) is 7.31. The lowest BCUT2D eigenvalue weighted by molar-refractivity contribution is -0.169. The Hall–Kier alpha value is -3.63. The number of aromatic amines is 1. The minimum Gasteiger partial charge on any atom is -0.463 e. The largest absolute Gasteiger partial charge is 0.463 e. The van der Waals surface area contributed by atoms with E-state index in [0.29, 0.717) is 12.8 Å². The number of carbonyl (C=O) groups excluding carboxylic acids is 3. The molecule has 0 unspecified atom stereocenters. The number of carbonyl (C=O) groups is 3. The number of fused-ring (bicyclic) bond motifs is 1. The zero-order valence-corrected chi connectivity index (χ0v) is 24.8. The molecule has 2 atom stereocenters. The predicted octanol–water partition coefficient (Wildman–Crippen LogP) is 4.80. The molecule has 40 heavy (non-hydrogen) atoms. The monoisotopic (exact) mass is 567 g/mol. The number of esters is 2. The molecule has 0 fully saturated rings. The van der Waals surface area contributed by atoms with Crippen LogP contribution in [0.4, 0.5) is 4.79 Å². The van der Waals surface area contributed by atoms with Crippen molar-refractivity contribution in [3.05, 3.63) is 71.9 Å². The van der Waals surface area contributed by atoms with Crippen LogP contribution in [0.1, 0.15) is 24.0 Å². The van der Waals surface area contributed by atoms with E-state index in [0.717, 1.165) is 28.1 Å². The van der Waals surface area contributed by atoms with Crippen molar-refractivity contribution in [2.75, 3.05) is 20.2 Å². The number of para-hydroxylation sites is 1. The Labute approximate surface area is 237 Å². The van der Waals surface area contributed by atoms with E-state index in [9.17, 15) is 14.4 Å². The van der Waals surface area contributed by atoms with Crippen molar-refractivity contribution >= 4 is 37.0 Å². The highest BCUT2D eigenvalue weighted by Crippen LogP contribution is 2.20. The fourth-order valence-electron chi connectivity index (χ4n) is 4.07. The molecule has 0 aliphatic heterocycles. The lowest BCUT2D eigenvalue weighted by Gasteiger charge is -2.22. The van der Waals surface area contributed by atoms with E-state index >= 15 is 0 Å². The lowest BCUT2D eigenvalue weighted by Crippen LogP contribution is -2.41. The third-order valence-electron chi connectivity index (χ3n) is 6.47. The first-order chi connectivity index (χ1) is 19.2. The van der Waals surface area contributed by atoms with Crippen LogP contribution in [-0.2, 0) is 36.8 Å². The summed E-state index contributed by atoms with van der Waals surface area (Å²) in [4.78, 5) is 41.4. The summed E-state index contributed by atoms with van der Waals surface area (Å²) in [5, 5.41) is 6.72. The third-order valence-corrected chi connectivity index (χ3v) is 8.18. The molecule has 0 saturated carbocycles. The highest BCUT2D eigenvalue weighted by Gasteiger charge is 2.29. The fourth-order valence-corrected chi connectivity index (χ4v) is 4.79. The van der Waals surface area contributed by atoms with Crippen molar-refractivity contribution in [3.63, 3.8) is 0 Å². The smallest absolute Gasteiger partial charge is 0.407 e.